The van der Waals surface area contributed by atoms with Crippen LogP contribution in [0.1, 0.15) is 23.2 Å². The molecule has 0 bridgehead atoms. The number of urea groups is 1. The van der Waals surface area contributed by atoms with Crippen molar-refractivity contribution in [3.8, 4) is 5.75 Å². The molecule has 0 unspecified atom stereocenters. The SMILES string of the molecule is CN(C(=O)Nc1ccc(O)cc1C(=O)O)C1CCOCC1. The van der Waals surface area contributed by atoms with Crippen LogP contribution in [0.15, 0.2) is 18.2 Å². The maximum Gasteiger partial charge on any atom is 0.337 e. The van der Waals surface area contributed by atoms with Gasteiger partial charge in [-0.2, -0.15) is 0 Å². The van der Waals surface area contributed by atoms with Crippen molar-refractivity contribution in [2.75, 3.05) is 25.6 Å². The van der Waals surface area contributed by atoms with Crippen LogP contribution < -0.4 is 5.32 Å². The summed E-state index contributed by atoms with van der Waals surface area (Å²) in [6.45, 7) is 1.23. The van der Waals surface area contributed by atoms with Gasteiger partial charge in [-0.25, -0.2) is 9.59 Å². The van der Waals surface area contributed by atoms with E-state index in [9.17, 15) is 14.7 Å². The van der Waals surface area contributed by atoms with Gasteiger partial charge in [0.05, 0.1) is 11.3 Å². The van der Waals surface area contributed by atoms with Gasteiger partial charge >= 0.3 is 12.0 Å². The van der Waals surface area contributed by atoms with E-state index in [1.54, 1.807) is 11.9 Å². The zero-order chi connectivity index (χ0) is 15.4. The highest BCUT2D eigenvalue weighted by Gasteiger charge is 2.23. The number of hydrogen-bond acceptors (Lipinski definition) is 4. The van der Waals surface area contributed by atoms with Gasteiger partial charge in [-0.1, -0.05) is 0 Å². The van der Waals surface area contributed by atoms with Crippen molar-refractivity contribution in [2.45, 2.75) is 18.9 Å². The highest BCUT2D eigenvalue weighted by molar-refractivity contribution is 6.00. The summed E-state index contributed by atoms with van der Waals surface area (Å²) < 4.78 is 5.25. The molecule has 0 atom stereocenters. The Bertz CT molecular complexity index is 540. The van der Waals surface area contributed by atoms with Crippen molar-refractivity contribution in [3.63, 3.8) is 0 Å². The van der Waals surface area contributed by atoms with Crippen molar-refractivity contribution < 1.29 is 24.5 Å². The van der Waals surface area contributed by atoms with Gasteiger partial charge in [0, 0.05) is 26.3 Å². The number of aromatic hydroxyl groups is 1. The van der Waals surface area contributed by atoms with Gasteiger partial charge in [-0.05, 0) is 31.0 Å². The fraction of sp³-hybridized carbons (Fsp3) is 0.429. The molecular weight excluding hydrogens is 276 g/mol. The monoisotopic (exact) mass is 294 g/mol. The average molecular weight is 294 g/mol. The standard InChI is InChI=1S/C14H18N2O5/c1-16(9-4-6-21-7-5-9)14(20)15-12-3-2-10(17)8-11(12)13(18)19/h2-3,8-9,17H,4-7H2,1H3,(H,15,20)(H,18,19). The van der Waals surface area contributed by atoms with E-state index in [4.69, 9.17) is 9.84 Å². The third kappa shape index (κ3) is 3.63. The molecule has 1 aromatic rings. The lowest BCUT2D eigenvalue weighted by atomic mass is 10.1. The van der Waals surface area contributed by atoms with E-state index < -0.39 is 5.97 Å². The normalized spacial score (nSPS) is 15.5. The Morgan fingerprint density at radius 1 is 1.33 bits per heavy atom. The number of benzene rings is 1. The predicted octanol–water partition coefficient (Wildman–Crippen LogP) is 1.73. The fourth-order valence-corrected chi connectivity index (χ4v) is 2.26. The number of nitrogens with one attached hydrogen (secondary N) is 1. The Hall–Kier alpha value is -2.28. The van der Waals surface area contributed by atoms with Gasteiger partial charge in [0.25, 0.3) is 0 Å². The van der Waals surface area contributed by atoms with Crippen LogP contribution in [-0.2, 0) is 4.74 Å². The first kappa shape index (κ1) is 15.1. The van der Waals surface area contributed by atoms with E-state index >= 15 is 0 Å². The Kier molecular flexibility index (Phi) is 4.64. The molecule has 0 aromatic heterocycles. The van der Waals surface area contributed by atoms with Crippen LogP contribution in [-0.4, -0.2) is 53.4 Å². The number of phenols is 1. The van der Waals surface area contributed by atoms with Gasteiger partial charge in [0.15, 0.2) is 0 Å². The minimum absolute atomic E-state index is 0.0733. The first-order valence-corrected chi connectivity index (χ1v) is 6.67. The number of rotatable bonds is 3. The Morgan fingerprint density at radius 3 is 2.62 bits per heavy atom. The van der Waals surface area contributed by atoms with Crippen molar-refractivity contribution in [1.82, 2.24) is 4.90 Å². The number of anilines is 1. The number of hydrogen-bond donors (Lipinski definition) is 3. The molecule has 21 heavy (non-hydrogen) atoms. The Balaban J connectivity index is 2.10. The molecule has 3 N–H and O–H groups in total. The van der Waals surface area contributed by atoms with Crippen LogP contribution in [0.3, 0.4) is 0 Å². The lowest BCUT2D eigenvalue weighted by Gasteiger charge is -2.31. The molecule has 0 radical (unpaired) electrons. The molecule has 7 heteroatoms. The summed E-state index contributed by atoms with van der Waals surface area (Å²) in [5.74, 6) is -1.38. The number of carbonyl (C=O) groups excluding carboxylic acids is 1. The highest BCUT2D eigenvalue weighted by Crippen LogP contribution is 2.22. The molecule has 7 nitrogen and oxygen atoms in total. The summed E-state index contributed by atoms with van der Waals surface area (Å²) in [4.78, 5) is 24.9. The second-order valence-corrected chi connectivity index (χ2v) is 4.92. The summed E-state index contributed by atoms with van der Waals surface area (Å²) in [5.41, 5.74) is 0.00735. The summed E-state index contributed by atoms with van der Waals surface area (Å²) in [6.07, 6.45) is 1.51. The zero-order valence-corrected chi connectivity index (χ0v) is 11.7. The first-order chi connectivity index (χ1) is 9.99. The Morgan fingerprint density at radius 2 is 2.00 bits per heavy atom. The lowest BCUT2D eigenvalue weighted by molar-refractivity contribution is 0.0544. The molecule has 1 fully saturated rings. The van der Waals surface area contributed by atoms with Gasteiger partial charge in [-0.3, -0.25) is 0 Å². The maximum absolute atomic E-state index is 12.2. The molecule has 1 saturated heterocycles. The summed E-state index contributed by atoms with van der Waals surface area (Å²) in [7, 11) is 1.67. The van der Waals surface area contributed by atoms with Gasteiger partial charge in [0.2, 0.25) is 0 Å². The molecule has 0 saturated carbocycles. The molecule has 1 aromatic carbocycles. The van der Waals surface area contributed by atoms with Crippen molar-refractivity contribution in [3.05, 3.63) is 23.8 Å². The number of carbonyl (C=O) groups is 2. The number of aromatic carboxylic acids is 1. The number of nitrogens with zero attached hydrogens (tertiary/aromatic N) is 1. The van der Waals surface area contributed by atoms with Gasteiger partial charge < -0.3 is 25.2 Å². The number of phenolic OH excluding ortho intramolecular Hbond substituents is 1. The zero-order valence-electron chi connectivity index (χ0n) is 11.7. The quantitative estimate of drug-likeness (QED) is 0.737. The van der Waals surface area contributed by atoms with Crippen LogP contribution >= 0.6 is 0 Å². The molecule has 2 rings (SSSR count). The van der Waals surface area contributed by atoms with Crippen molar-refractivity contribution in [1.29, 1.82) is 0 Å². The van der Waals surface area contributed by atoms with E-state index in [1.165, 1.54) is 12.1 Å². The van der Waals surface area contributed by atoms with Crippen LogP contribution in [0.4, 0.5) is 10.5 Å². The molecule has 1 aliphatic heterocycles. The largest absolute Gasteiger partial charge is 0.508 e. The third-order valence-corrected chi connectivity index (χ3v) is 3.53. The Labute approximate surface area is 122 Å². The van der Waals surface area contributed by atoms with E-state index in [2.05, 4.69) is 5.32 Å². The third-order valence-electron chi connectivity index (χ3n) is 3.53. The number of carboxylic acid groups (broad SMARTS) is 1. The highest BCUT2D eigenvalue weighted by atomic mass is 16.5. The molecule has 0 aliphatic carbocycles. The smallest absolute Gasteiger partial charge is 0.337 e. The molecule has 114 valence electrons. The van der Waals surface area contributed by atoms with Gasteiger partial charge in [-0.15, -0.1) is 0 Å². The number of carboxylic acids is 1. The van der Waals surface area contributed by atoms with E-state index in [1.807, 2.05) is 0 Å². The lowest BCUT2D eigenvalue weighted by Crippen LogP contribution is -2.43. The van der Waals surface area contributed by atoms with Crippen LogP contribution in [0.2, 0.25) is 0 Å². The topological polar surface area (TPSA) is 99.1 Å². The minimum Gasteiger partial charge on any atom is -0.508 e. The van der Waals surface area contributed by atoms with Crippen molar-refractivity contribution >= 4 is 17.7 Å². The first-order valence-electron chi connectivity index (χ1n) is 6.67. The minimum atomic E-state index is -1.21. The summed E-state index contributed by atoms with van der Waals surface area (Å²) in [6, 6.07) is 3.50. The summed E-state index contributed by atoms with van der Waals surface area (Å²) >= 11 is 0. The summed E-state index contributed by atoms with van der Waals surface area (Å²) in [5, 5.41) is 21.0. The molecule has 2 amide bonds. The second-order valence-electron chi connectivity index (χ2n) is 4.92. The second kappa shape index (κ2) is 6.45. The fourth-order valence-electron chi connectivity index (χ4n) is 2.26. The van der Waals surface area contributed by atoms with E-state index in [0.717, 1.165) is 18.9 Å². The molecule has 1 aliphatic rings. The van der Waals surface area contributed by atoms with Gasteiger partial charge in [0.1, 0.15) is 5.75 Å². The predicted molar refractivity (Wildman–Crippen MR) is 75.7 cm³/mol. The number of amides is 2. The molecular formula is C14H18N2O5. The number of ether oxygens (including phenoxy) is 1. The molecule has 1 heterocycles. The van der Waals surface area contributed by atoms with E-state index in [-0.39, 0.29) is 29.1 Å². The van der Waals surface area contributed by atoms with Crippen LogP contribution in [0.5, 0.6) is 5.75 Å². The molecule has 0 spiro atoms. The van der Waals surface area contributed by atoms with Crippen LogP contribution in [0, 0.1) is 0 Å². The van der Waals surface area contributed by atoms with E-state index in [0.29, 0.717) is 13.2 Å². The maximum atomic E-state index is 12.2. The average Bonchev–Trinajstić information content (AvgIpc) is 2.49. The van der Waals surface area contributed by atoms with Crippen molar-refractivity contribution in [2.24, 2.45) is 0 Å². The van der Waals surface area contributed by atoms with Crippen LogP contribution in [0.25, 0.3) is 0 Å².